The van der Waals surface area contributed by atoms with E-state index in [1.807, 2.05) is 11.3 Å². The summed E-state index contributed by atoms with van der Waals surface area (Å²) in [5.41, 5.74) is 5.83. The van der Waals surface area contributed by atoms with Gasteiger partial charge in [-0.1, -0.05) is 6.42 Å². The third kappa shape index (κ3) is 2.86. The third-order valence-electron chi connectivity index (χ3n) is 3.51. The number of nitrogens with two attached hydrogens (primary N) is 1. The summed E-state index contributed by atoms with van der Waals surface area (Å²) in [6, 6.07) is 2.90. The fourth-order valence-electron chi connectivity index (χ4n) is 2.67. The number of hydrogen-bond acceptors (Lipinski definition) is 3. The molecule has 1 aromatic rings. The van der Waals surface area contributed by atoms with E-state index >= 15 is 0 Å². The van der Waals surface area contributed by atoms with E-state index in [4.69, 9.17) is 5.73 Å². The normalized spacial score (nSPS) is 25.5. The van der Waals surface area contributed by atoms with Gasteiger partial charge in [0.25, 0.3) is 0 Å². The second-order valence-corrected chi connectivity index (χ2v) is 6.55. The maximum Gasteiger partial charge on any atom is 0.0328 e. The average Bonchev–Trinajstić information content (AvgIpc) is 2.86. The number of thiophene rings is 1. The lowest BCUT2D eigenvalue weighted by atomic mass is 10.0. The van der Waals surface area contributed by atoms with Gasteiger partial charge in [0.05, 0.1) is 0 Å². The van der Waals surface area contributed by atoms with E-state index in [9.17, 15) is 0 Å². The van der Waals surface area contributed by atoms with Gasteiger partial charge in [0.2, 0.25) is 0 Å². The highest BCUT2D eigenvalue weighted by Crippen LogP contribution is 2.30. The largest absolute Gasteiger partial charge is 0.330 e. The summed E-state index contributed by atoms with van der Waals surface area (Å²) < 4.78 is 1.20. The summed E-state index contributed by atoms with van der Waals surface area (Å²) >= 11 is 5.33. The minimum Gasteiger partial charge on any atom is -0.330 e. The van der Waals surface area contributed by atoms with Crippen LogP contribution in [0.5, 0.6) is 0 Å². The maximum absolute atomic E-state index is 5.83. The van der Waals surface area contributed by atoms with Crippen molar-refractivity contribution in [1.29, 1.82) is 0 Å². The molecule has 1 aromatic heterocycles. The molecule has 0 radical (unpaired) electrons. The lowest BCUT2D eigenvalue weighted by Crippen LogP contribution is -2.37. The van der Waals surface area contributed by atoms with Crippen LogP contribution in [-0.4, -0.2) is 24.5 Å². The highest BCUT2D eigenvalue weighted by atomic mass is 79.9. The van der Waals surface area contributed by atoms with Gasteiger partial charge in [-0.2, -0.15) is 0 Å². The van der Waals surface area contributed by atoms with Crippen molar-refractivity contribution in [1.82, 2.24) is 4.90 Å². The Balaban J connectivity index is 1.94. The van der Waals surface area contributed by atoms with Crippen LogP contribution in [0.15, 0.2) is 15.9 Å². The molecule has 1 aliphatic carbocycles. The molecular formula is C12H19BrN2S. The first-order valence-corrected chi connectivity index (χ1v) is 7.51. The third-order valence-corrected chi connectivity index (χ3v) is 5.20. The SMILES string of the molecule is CN(Cc1cc(Br)cs1)C1CCCC1CN. The van der Waals surface area contributed by atoms with E-state index in [-0.39, 0.29) is 0 Å². The zero-order chi connectivity index (χ0) is 11.5. The molecule has 16 heavy (non-hydrogen) atoms. The first-order valence-electron chi connectivity index (χ1n) is 5.84. The molecule has 2 nitrogen and oxygen atoms in total. The smallest absolute Gasteiger partial charge is 0.0328 e. The summed E-state index contributed by atoms with van der Waals surface area (Å²) in [6.07, 6.45) is 3.95. The topological polar surface area (TPSA) is 29.3 Å². The van der Waals surface area contributed by atoms with Crippen molar-refractivity contribution >= 4 is 27.3 Å². The van der Waals surface area contributed by atoms with Gasteiger partial charge in [0, 0.05) is 27.3 Å². The molecule has 0 aliphatic heterocycles. The standard InChI is InChI=1S/C12H19BrN2S/c1-15(7-11-5-10(13)8-16-11)12-4-2-3-9(12)6-14/h5,8-9,12H,2-4,6-7,14H2,1H3. The van der Waals surface area contributed by atoms with Gasteiger partial charge in [0.15, 0.2) is 0 Å². The molecule has 0 aromatic carbocycles. The van der Waals surface area contributed by atoms with E-state index in [1.165, 1.54) is 28.6 Å². The Bertz CT molecular complexity index is 340. The van der Waals surface area contributed by atoms with Crippen LogP contribution < -0.4 is 5.73 Å². The van der Waals surface area contributed by atoms with Crippen LogP contribution >= 0.6 is 27.3 Å². The minimum atomic E-state index is 0.686. The molecule has 1 saturated carbocycles. The predicted octanol–water partition coefficient (Wildman–Crippen LogP) is 3.07. The Morgan fingerprint density at radius 3 is 3.00 bits per heavy atom. The molecule has 0 spiro atoms. The summed E-state index contributed by atoms with van der Waals surface area (Å²) in [5, 5.41) is 2.15. The lowest BCUT2D eigenvalue weighted by molar-refractivity contribution is 0.194. The van der Waals surface area contributed by atoms with E-state index in [1.54, 1.807) is 0 Å². The van der Waals surface area contributed by atoms with Gasteiger partial charge in [-0.15, -0.1) is 11.3 Å². The first-order chi connectivity index (χ1) is 7.70. The molecule has 1 heterocycles. The van der Waals surface area contributed by atoms with Gasteiger partial charge in [-0.25, -0.2) is 0 Å². The van der Waals surface area contributed by atoms with Crippen LogP contribution in [0.4, 0.5) is 0 Å². The predicted molar refractivity (Wildman–Crippen MR) is 73.7 cm³/mol. The summed E-state index contributed by atoms with van der Waals surface area (Å²) in [4.78, 5) is 3.90. The van der Waals surface area contributed by atoms with Crippen molar-refractivity contribution in [3.63, 3.8) is 0 Å². The molecule has 2 atom stereocenters. The molecule has 2 rings (SSSR count). The van der Waals surface area contributed by atoms with Crippen molar-refractivity contribution in [2.45, 2.75) is 31.8 Å². The van der Waals surface area contributed by atoms with Gasteiger partial charge in [0.1, 0.15) is 0 Å². The first kappa shape index (κ1) is 12.6. The van der Waals surface area contributed by atoms with Gasteiger partial charge in [-0.05, 0) is 54.3 Å². The summed E-state index contributed by atoms with van der Waals surface area (Å²) in [7, 11) is 2.23. The zero-order valence-electron chi connectivity index (χ0n) is 9.66. The molecule has 90 valence electrons. The molecule has 1 aliphatic rings. The highest BCUT2D eigenvalue weighted by molar-refractivity contribution is 9.10. The number of halogens is 1. The fourth-order valence-corrected chi connectivity index (χ4v) is 4.19. The molecule has 0 amide bonds. The number of hydrogen-bond donors (Lipinski definition) is 1. The number of rotatable bonds is 4. The van der Waals surface area contributed by atoms with E-state index in [0.717, 1.165) is 13.1 Å². The van der Waals surface area contributed by atoms with Crippen molar-refractivity contribution in [3.05, 3.63) is 20.8 Å². The van der Waals surface area contributed by atoms with Crippen molar-refractivity contribution in [3.8, 4) is 0 Å². The molecular weight excluding hydrogens is 284 g/mol. The molecule has 2 unspecified atom stereocenters. The van der Waals surface area contributed by atoms with Crippen LogP contribution in [0, 0.1) is 5.92 Å². The minimum absolute atomic E-state index is 0.686. The van der Waals surface area contributed by atoms with Gasteiger partial charge >= 0.3 is 0 Å². The Hall–Kier alpha value is 0.1000. The second kappa shape index (κ2) is 5.63. The zero-order valence-corrected chi connectivity index (χ0v) is 12.1. The van der Waals surface area contributed by atoms with Gasteiger partial charge < -0.3 is 5.73 Å². The maximum atomic E-state index is 5.83. The number of nitrogens with zero attached hydrogens (tertiary/aromatic N) is 1. The van der Waals surface area contributed by atoms with Gasteiger partial charge in [-0.3, -0.25) is 4.90 Å². The summed E-state index contributed by atoms with van der Waals surface area (Å²) in [5.74, 6) is 0.702. The van der Waals surface area contributed by atoms with Crippen molar-refractivity contribution in [2.24, 2.45) is 11.7 Å². The van der Waals surface area contributed by atoms with Crippen molar-refractivity contribution in [2.75, 3.05) is 13.6 Å². The molecule has 4 heteroatoms. The van der Waals surface area contributed by atoms with E-state index < -0.39 is 0 Å². The lowest BCUT2D eigenvalue weighted by Gasteiger charge is -2.28. The Morgan fingerprint density at radius 1 is 1.56 bits per heavy atom. The van der Waals surface area contributed by atoms with Crippen LogP contribution in [0.2, 0.25) is 0 Å². The fraction of sp³-hybridized carbons (Fsp3) is 0.667. The van der Waals surface area contributed by atoms with Crippen molar-refractivity contribution < 1.29 is 0 Å². The Labute approximate surface area is 110 Å². The molecule has 2 N–H and O–H groups in total. The summed E-state index contributed by atoms with van der Waals surface area (Å²) in [6.45, 7) is 1.89. The van der Waals surface area contributed by atoms with E-state index in [2.05, 4.69) is 39.3 Å². The average molecular weight is 303 g/mol. The van der Waals surface area contributed by atoms with Crippen LogP contribution in [0.25, 0.3) is 0 Å². The second-order valence-electron chi connectivity index (χ2n) is 4.64. The highest BCUT2D eigenvalue weighted by Gasteiger charge is 2.29. The quantitative estimate of drug-likeness (QED) is 0.926. The monoisotopic (exact) mass is 302 g/mol. The molecule has 0 saturated heterocycles. The molecule has 1 fully saturated rings. The van der Waals surface area contributed by atoms with Crippen LogP contribution in [0.3, 0.4) is 0 Å². The van der Waals surface area contributed by atoms with Crippen LogP contribution in [0.1, 0.15) is 24.1 Å². The van der Waals surface area contributed by atoms with E-state index in [0.29, 0.717) is 12.0 Å². The molecule has 0 bridgehead atoms. The van der Waals surface area contributed by atoms with Crippen LogP contribution in [-0.2, 0) is 6.54 Å². The Kier molecular flexibility index (Phi) is 4.41. The Morgan fingerprint density at radius 2 is 2.38 bits per heavy atom.